The van der Waals surface area contributed by atoms with Crippen molar-refractivity contribution in [1.29, 1.82) is 0 Å². The zero-order chi connectivity index (χ0) is 15.4. The molecule has 0 aliphatic heterocycles. The van der Waals surface area contributed by atoms with Crippen molar-refractivity contribution in [1.82, 2.24) is 4.98 Å². The zero-order valence-electron chi connectivity index (χ0n) is 12.7. The first kappa shape index (κ1) is 13.8. The molecular weight excluding hydrogens is 266 g/mol. The van der Waals surface area contributed by atoms with E-state index in [1.807, 2.05) is 0 Å². The van der Waals surface area contributed by atoms with Gasteiger partial charge in [0.25, 0.3) is 5.69 Å². The number of benzene rings is 1. The van der Waals surface area contributed by atoms with Crippen molar-refractivity contribution in [3.05, 3.63) is 40.7 Å². The normalized spacial score (nSPS) is 19.4. The second kappa shape index (κ2) is 4.16. The molecule has 1 aromatic carbocycles. The molecule has 1 fully saturated rings. The van der Waals surface area contributed by atoms with Gasteiger partial charge in [-0.2, -0.15) is 0 Å². The molecule has 3 rings (SSSR count). The van der Waals surface area contributed by atoms with Gasteiger partial charge in [0, 0.05) is 35.6 Å². The molecule has 0 unspecified atom stereocenters. The van der Waals surface area contributed by atoms with Gasteiger partial charge < -0.3 is 5.32 Å². The number of nitro groups is 1. The van der Waals surface area contributed by atoms with Gasteiger partial charge in [-0.3, -0.25) is 15.1 Å². The molecule has 1 aliphatic carbocycles. The summed E-state index contributed by atoms with van der Waals surface area (Å²) in [7, 11) is 0. The first-order chi connectivity index (χ1) is 9.76. The Morgan fingerprint density at radius 2 is 1.81 bits per heavy atom. The van der Waals surface area contributed by atoms with Gasteiger partial charge in [-0.25, -0.2) is 0 Å². The lowest BCUT2D eigenvalue weighted by atomic mass is 10.0. The number of aromatic nitrogens is 1. The molecule has 0 spiro atoms. The fraction of sp³-hybridized carbons (Fsp3) is 0.438. The maximum absolute atomic E-state index is 11.1. The number of fused-ring (bicyclic) bond motifs is 1. The number of nitrogens with zero attached hydrogens (tertiary/aromatic N) is 2. The number of nitro benzene ring substituents is 1. The number of anilines is 1. The molecule has 110 valence electrons. The lowest BCUT2D eigenvalue weighted by molar-refractivity contribution is -0.383. The van der Waals surface area contributed by atoms with Crippen LogP contribution in [0.1, 0.15) is 27.7 Å². The topological polar surface area (TPSA) is 68.1 Å². The van der Waals surface area contributed by atoms with E-state index in [1.54, 1.807) is 30.6 Å². The van der Waals surface area contributed by atoms with Crippen molar-refractivity contribution in [2.24, 2.45) is 10.8 Å². The van der Waals surface area contributed by atoms with Gasteiger partial charge in [0.1, 0.15) is 0 Å². The number of hydrogen-bond donors (Lipinski definition) is 1. The van der Waals surface area contributed by atoms with E-state index < -0.39 is 0 Å². The van der Waals surface area contributed by atoms with Gasteiger partial charge in [-0.1, -0.05) is 27.7 Å². The maximum atomic E-state index is 11.1. The first-order valence-electron chi connectivity index (χ1n) is 7.04. The molecular formula is C16H19N3O2. The van der Waals surface area contributed by atoms with Crippen LogP contribution in [0.5, 0.6) is 0 Å². The molecule has 0 bridgehead atoms. The predicted molar refractivity (Wildman–Crippen MR) is 83.4 cm³/mol. The third-order valence-electron chi connectivity index (χ3n) is 5.31. The highest BCUT2D eigenvalue weighted by Crippen LogP contribution is 2.63. The minimum atomic E-state index is -0.350. The summed E-state index contributed by atoms with van der Waals surface area (Å²) >= 11 is 0. The van der Waals surface area contributed by atoms with Crippen LogP contribution in [0.2, 0.25) is 0 Å². The largest absolute Gasteiger partial charge is 0.381 e. The molecule has 0 radical (unpaired) electrons. The van der Waals surface area contributed by atoms with Gasteiger partial charge in [-0.15, -0.1) is 0 Å². The predicted octanol–water partition coefficient (Wildman–Crippen LogP) is 3.99. The summed E-state index contributed by atoms with van der Waals surface area (Å²) in [6.07, 6.45) is 3.27. The van der Waals surface area contributed by atoms with Gasteiger partial charge in [0.15, 0.2) is 0 Å². The average molecular weight is 285 g/mol. The maximum Gasteiger partial charge on any atom is 0.277 e. The third kappa shape index (κ3) is 1.87. The fourth-order valence-electron chi connectivity index (χ4n) is 3.17. The molecule has 1 aliphatic rings. The minimum Gasteiger partial charge on any atom is -0.381 e. The highest BCUT2D eigenvalue weighted by atomic mass is 16.6. The van der Waals surface area contributed by atoms with E-state index in [0.29, 0.717) is 11.4 Å². The van der Waals surface area contributed by atoms with Gasteiger partial charge >= 0.3 is 0 Å². The highest BCUT2D eigenvalue weighted by molar-refractivity contribution is 5.99. The summed E-state index contributed by atoms with van der Waals surface area (Å²) in [4.78, 5) is 14.9. The van der Waals surface area contributed by atoms with Crippen molar-refractivity contribution in [3.63, 3.8) is 0 Å². The van der Waals surface area contributed by atoms with Crippen LogP contribution >= 0.6 is 0 Å². The second-order valence-corrected chi connectivity index (χ2v) is 6.83. The van der Waals surface area contributed by atoms with Crippen LogP contribution in [-0.4, -0.2) is 15.9 Å². The van der Waals surface area contributed by atoms with E-state index in [2.05, 4.69) is 38.0 Å². The van der Waals surface area contributed by atoms with Crippen molar-refractivity contribution < 1.29 is 4.92 Å². The Labute approximate surface area is 123 Å². The van der Waals surface area contributed by atoms with Crippen LogP contribution in [0.4, 0.5) is 11.4 Å². The van der Waals surface area contributed by atoms with Crippen LogP contribution in [0, 0.1) is 20.9 Å². The lowest BCUT2D eigenvalue weighted by Gasteiger charge is -2.11. The average Bonchev–Trinajstić information content (AvgIpc) is 2.81. The zero-order valence-corrected chi connectivity index (χ0v) is 12.7. The summed E-state index contributed by atoms with van der Waals surface area (Å²) in [6, 6.07) is 5.39. The van der Waals surface area contributed by atoms with Crippen LogP contribution in [0.15, 0.2) is 30.6 Å². The molecule has 0 saturated heterocycles. The molecule has 1 heterocycles. The van der Waals surface area contributed by atoms with Crippen LogP contribution in [0.3, 0.4) is 0 Å². The van der Waals surface area contributed by atoms with E-state index in [0.717, 1.165) is 11.1 Å². The van der Waals surface area contributed by atoms with E-state index in [4.69, 9.17) is 0 Å². The molecule has 21 heavy (non-hydrogen) atoms. The third-order valence-corrected chi connectivity index (χ3v) is 5.31. The summed E-state index contributed by atoms with van der Waals surface area (Å²) in [5, 5.41) is 16.1. The van der Waals surface area contributed by atoms with Crippen LogP contribution in [-0.2, 0) is 0 Å². The van der Waals surface area contributed by atoms with Gasteiger partial charge in [0.2, 0.25) is 0 Å². The summed E-state index contributed by atoms with van der Waals surface area (Å²) in [5.74, 6) is 0. The number of hydrogen-bond acceptors (Lipinski definition) is 4. The number of non-ortho nitro benzene ring substituents is 1. The van der Waals surface area contributed by atoms with E-state index >= 15 is 0 Å². The van der Waals surface area contributed by atoms with Crippen molar-refractivity contribution in [2.75, 3.05) is 5.32 Å². The molecule has 5 heteroatoms. The van der Waals surface area contributed by atoms with E-state index in [-0.39, 0.29) is 21.4 Å². The lowest BCUT2D eigenvalue weighted by Crippen LogP contribution is -2.10. The smallest absolute Gasteiger partial charge is 0.277 e. The molecule has 1 aromatic heterocycles. The molecule has 2 aromatic rings. The summed E-state index contributed by atoms with van der Waals surface area (Å²) < 4.78 is 0. The molecule has 5 nitrogen and oxygen atoms in total. The molecule has 0 amide bonds. The first-order valence-corrected chi connectivity index (χ1v) is 7.04. The fourth-order valence-corrected chi connectivity index (χ4v) is 3.17. The Hall–Kier alpha value is -2.17. The Balaban J connectivity index is 2.06. The number of rotatable bonds is 3. The standard InChI is InChI=1S/C16H19N3O2/c1-15(2)14(16(15,3)4)18-12-5-6-13(19(20)21)10-7-8-17-9-11(10)12/h5-9,14,18H,1-4H3. The van der Waals surface area contributed by atoms with Crippen molar-refractivity contribution in [2.45, 2.75) is 33.7 Å². The van der Waals surface area contributed by atoms with Crippen molar-refractivity contribution >= 4 is 22.1 Å². The van der Waals surface area contributed by atoms with E-state index in [9.17, 15) is 10.1 Å². The van der Waals surface area contributed by atoms with Crippen molar-refractivity contribution in [3.8, 4) is 0 Å². The highest BCUT2D eigenvalue weighted by Gasteiger charge is 2.65. The monoisotopic (exact) mass is 285 g/mol. The second-order valence-electron chi connectivity index (χ2n) is 6.83. The van der Waals surface area contributed by atoms with E-state index in [1.165, 1.54) is 0 Å². The van der Waals surface area contributed by atoms with Gasteiger partial charge in [0.05, 0.1) is 10.3 Å². The summed E-state index contributed by atoms with van der Waals surface area (Å²) in [6.45, 7) is 8.93. The van der Waals surface area contributed by atoms with Gasteiger partial charge in [-0.05, 0) is 23.0 Å². The van der Waals surface area contributed by atoms with Crippen LogP contribution < -0.4 is 5.32 Å². The number of pyridine rings is 1. The van der Waals surface area contributed by atoms with Crippen LogP contribution in [0.25, 0.3) is 10.8 Å². The summed E-state index contributed by atoms with van der Waals surface area (Å²) in [5.41, 5.74) is 1.42. The molecule has 1 saturated carbocycles. The Morgan fingerprint density at radius 3 is 2.38 bits per heavy atom. The Kier molecular flexibility index (Phi) is 2.74. The Bertz CT molecular complexity index is 723. The molecule has 1 N–H and O–H groups in total. The number of nitrogens with one attached hydrogen (secondary N) is 1. The minimum absolute atomic E-state index is 0.118. The quantitative estimate of drug-likeness (QED) is 0.684. The molecule has 0 atom stereocenters. The Morgan fingerprint density at radius 1 is 1.14 bits per heavy atom. The SMILES string of the molecule is CC1(C)C(Nc2ccc([N+](=O)[O-])c3ccncc23)C1(C)C.